The molecule has 0 bridgehead atoms. The van der Waals surface area contributed by atoms with Crippen molar-refractivity contribution in [1.29, 1.82) is 0 Å². The Morgan fingerprint density at radius 1 is 1.45 bits per heavy atom. The van der Waals surface area contributed by atoms with Crippen LogP contribution in [0.2, 0.25) is 0 Å². The molecule has 20 heavy (non-hydrogen) atoms. The highest BCUT2D eigenvalue weighted by Gasteiger charge is 2.21. The first-order chi connectivity index (χ1) is 9.58. The van der Waals surface area contributed by atoms with Crippen molar-refractivity contribution in [3.8, 4) is 0 Å². The van der Waals surface area contributed by atoms with Gasteiger partial charge in [-0.15, -0.1) is 0 Å². The van der Waals surface area contributed by atoms with E-state index in [-0.39, 0.29) is 5.12 Å². The lowest BCUT2D eigenvalue weighted by molar-refractivity contribution is -0.112. The van der Waals surface area contributed by atoms with Crippen LogP contribution < -0.4 is 0 Å². The Labute approximate surface area is 125 Å². The quantitative estimate of drug-likeness (QED) is 0.837. The normalized spacial score (nSPS) is 17.8. The minimum absolute atomic E-state index is 0.275. The van der Waals surface area contributed by atoms with E-state index in [4.69, 9.17) is 0 Å². The second-order valence-electron chi connectivity index (χ2n) is 5.95. The van der Waals surface area contributed by atoms with E-state index in [1.807, 2.05) is 12.5 Å². The summed E-state index contributed by atoms with van der Waals surface area (Å²) in [5, 5.41) is 4.73. The Morgan fingerprint density at radius 3 is 2.70 bits per heavy atom. The molecule has 1 fully saturated rings. The van der Waals surface area contributed by atoms with E-state index >= 15 is 0 Å². The molecule has 0 N–H and O–H groups in total. The summed E-state index contributed by atoms with van der Waals surface area (Å²) in [4.78, 5) is 13.7. The Bertz CT molecular complexity index is 436. The highest BCUT2D eigenvalue weighted by molar-refractivity contribution is 8.13. The molecule has 0 spiro atoms. The van der Waals surface area contributed by atoms with Gasteiger partial charge in [-0.3, -0.25) is 14.4 Å². The fourth-order valence-corrected chi connectivity index (χ4v) is 2.93. The maximum atomic E-state index is 11.4. The number of hydrogen-bond donors (Lipinski definition) is 0. The number of aromatic nitrogens is 2. The molecule has 0 atom stereocenters. The number of rotatable bonds is 5. The molecule has 1 saturated heterocycles. The van der Waals surface area contributed by atoms with Crippen LogP contribution in [0, 0.1) is 5.92 Å². The molecule has 0 unspecified atom stereocenters. The number of carbonyl (C=O) groups excluding carboxylic acids is 1. The molecule has 4 nitrogen and oxygen atoms in total. The minimum atomic E-state index is 0.275. The Morgan fingerprint density at radius 2 is 2.15 bits per heavy atom. The summed E-state index contributed by atoms with van der Waals surface area (Å²) in [5.74, 6) is 1.23. The second-order valence-corrected chi connectivity index (χ2v) is 6.81. The number of likely N-dealkylation sites (tertiary alicyclic amines) is 1. The summed E-state index contributed by atoms with van der Waals surface area (Å²) in [6.07, 6.45) is 8.35. The third-order valence-corrected chi connectivity index (χ3v) is 4.64. The summed E-state index contributed by atoms with van der Waals surface area (Å²) in [6.45, 7) is 8.08. The van der Waals surface area contributed by atoms with Crippen molar-refractivity contribution in [2.45, 2.75) is 39.2 Å². The first kappa shape index (κ1) is 15.6. The summed E-state index contributed by atoms with van der Waals surface area (Å²) in [5.41, 5.74) is 1.31. The zero-order valence-electron chi connectivity index (χ0n) is 12.7. The van der Waals surface area contributed by atoms with Gasteiger partial charge in [0, 0.05) is 12.7 Å². The average Bonchev–Trinajstić information content (AvgIpc) is 2.89. The maximum absolute atomic E-state index is 11.4. The number of piperidine rings is 1. The lowest BCUT2D eigenvalue weighted by atomic mass is 9.97. The molecule has 0 aliphatic carbocycles. The highest BCUT2D eigenvalue weighted by Crippen LogP contribution is 2.20. The summed E-state index contributed by atoms with van der Waals surface area (Å²) < 4.78 is 2.09. The van der Waals surface area contributed by atoms with Gasteiger partial charge in [0.1, 0.15) is 0 Å². The highest BCUT2D eigenvalue weighted by atomic mass is 32.2. The van der Waals surface area contributed by atoms with E-state index in [1.54, 1.807) is 0 Å². The molecule has 112 valence electrons. The second kappa shape index (κ2) is 7.27. The molecule has 5 heteroatoms. The van der Waals surface area contributed by atoms with Crippen molar-refractivity contribution in [2.24, 2.45) is 5.92 Å². The van der Waals surface area contributed by atoms with Gasteiger partial charge in [0.2, 0.25) is 5.12 Å². The minimum Gasteiger partial charge on any atom is -0.295 e. The third-order valence-electron chi connectivity index (χ3n) is 4.05. The number of thioether (sulfide) groups is 1. The Kier molecular flexibility index (Phi) is 5.66. The smallest absolute Gasteiger partial charge is 0.202 e. The first-order valence-electron chi connectivity index (χ1n) is 7.40. The number of carbonyl (C=O) groups is 1. The van der Waals surface area contributed by atoms with Crippen molar-refractivity contribution < 1.29 is 4.79 Å². The SMILES string of the molecule is CSC(=O)CN1CCC(Cn2cc(C(C)C)cn2)CC1. The van der Waals surface area contributed by atoms with Gasteiger partial charge in [0.15, 0.2) is 0 Å². The van der Waals surface area contributed by atoms with Gasteiger partial charge < -0.3 is 0 Å². The van der Waals surface area contributed by atoms with E-state index in [9.17, 15) is 4.79 Å². The van der Waals surface area contributed by atoms with Crippen LogP contribution in [-0.4, -0.2) is 45.7 Å². The molecular weight excluding hydrogens is 270 g/mol. The molecule has 1 aromatic heterocycles. The van der Waals surface area contributed by atoms with Crippen LogP contribution in [0.15, 0.2) is 12.4 Å². The largest absolute Gasteiger partial charge is 0.295 e. The van der Waals surface area contributed by atoms with Gasteiger partial charge >= 0.3 is 0 Å². The molecule has 1 aliphatic heterocycles. The zero-order chi connectivity index (χ0) is 14.5. The van der Waals surface area contributed by atoms with Crippen LogP contribution in [0.5, 0.6) is 0 Å². The van der Waals surface area contributed by atoms with Gasteiger partial charge in [-0.05, 0) is 49.6 Å². The maximum Gasteiger partial charge on any atom is 0.202 e. The van der Waals surface area contributed by atoms with Crippen LogP contribution >= 0.6 is 11.8 Å². The number of nitrogens with zero attached hydrogens (tertiary/aromatic N) is 3. The van der Waals surface area contributed by atoms with Gasteiger partial charge in [-0.1, -0.05) is 25.6 Å². The fraction of sp³-hybridized carbons (Fsp3) is 0.733. The monoisotopic (exact) mass is 295 g/mol. The molecule has 0 radical (unpaired) electrons. The van der Waals surface area contributed by atoms with Crippen molar-refractivity contribution in [3.63, 3.8) is 0 Å². The van der Waals surface area contributed by atoms with Crippen LogP contribution in [0.3, 0.4) is 0 Å². The first-order valence-corrected chi connectivity index (χ1v) is 8.62. The summed E-state index contributed by atoms with van der Waals surface area (Å²) >= 11 is 1.33. The average molecular weight is 295 g/mol. The van der Waals surface area contributed by atoms with E-state index in [2.05, 4.69) is 34.7 Å². The lowest BCUT2D eigenvalue weighted by Gasteiger charge is -2.31. The molecule has 2 rings (SSSR count). The molecule has 0 amide bonds. The van der Waals surface area contributed by atoms with E-state index in [0.717, 1.165) is 19.6 Å². The fourth-order valence-electron chi connectivity index (χ4n) is 2.62. The molecule has 0 saturated carbocycles. The van der Waals surface area contributed by atoms with Crippen molar-refractivity contribution in [1.82, 2.24) is 14.7 Å². The van der Waals surface area contributed by atoms with Gasteiger partial charge in [0.05, 0.1) is 12.7 Å². The third kappa shape index (κ3) is 4.35. The lowest BCUT2D eigenvalue weighted by Crippen LogP contribution is -2.37. The molecule has 1 aliphatic rings. The van der Waals surface area contributed by atoms with Crippen LogP contribution in [0.25, 0.3) is 0 Å². The van der Waals surface area contributed by atoms with Crippen molar-refractivity contribution in [3.05, 3.63) is 18.0 Å². The summed E-state index contributed by atoms with van der Waals surface area (Å²) in [7, 11) is 0. The standard InChI is InChI=1S/C15H25N3OS/c1-12(2)14-8-16-18(10-14)9-13-4-6-17(7-5-13)11-15(19)20-3/h8,10,12-13H,4-7,9,11H2,1-3H3. The van der Waals surface area contributed by atoms with Crippen LogP contribution in [-0.2, 0) is 11.3 Å². The van der Waals surface area contributed by atoms with Crippen molar-refractivity contribution in [2.75, 3.05) is 25.9 Å². The zero-order valence-corrected chi connectivity index (χ0v) is 13.5. The topological polar surface area (TPSA) is 38.1 Å². The number of hydrogen-bond acceptors (Lipinski definition) is 4. The Balaban J connectivity index is 1.77. The van der Waals surface area contributed by atoms with E-state index in [0.29, 0.717) is 18.4 Å². The van der Waals surface area contributed by atoms with Gasteiger partial charge in [-0.2, -0.15) is 5.10 Å². The summed E-state index contributed by atoms with van der Waals surface area (Å²) in [6, 6.07) is 0. The van der Waals surface area contributed by atoms with E-state index in [1.165, 1.54) is 30.2 Å². The molecule has 1 aromatic rings. The predicted octanol–water partition coefficient (Wildman–Crippen LogP) is 2.61. The van der Waals surface area contributed by atoms with E-state index < -0.39 is 0 Å². The van der Waals surface area contributed by atoms with Crippen LogP contribution in [0.4, 0.5) is 0 Å². The van der Waals surface area contributed by atoms with Gasteiger partial charge in [0.25, 0.3) is 0 Å². The molecule has 2 heterocycles. The van der Waals surface area contributed by atoms with Crippen molar-refractivity contribution >= 4 is 16.9 Å². The van der Waals surface area contributed by atoms with Gasteiger partial charge in [-0.25, -0.2) is 0 Å². The predicted molar refractivity (Wildman–Crippen MR) is 84.0 cm³/mol. The molecule has 0 aromatic carbocycles. The Hall–Kier alpha value is -0.810. The van der Waals surface area contributed by atoms with Crippen LogP contribution in [0.1, 0.15) is 38.2 Å². The molecular formula is C15H25N3OS.